The predicted molar refractivity (Wildman–Crippen MR) is 151 cm³/mol. The first-order chi connectivity index (χ1) is 18.7. The summed E-state index contributed by atoms with van der Waals surface area (Å²) < 4.78 is 35.5. The fourth-order valence-electron chi connectivity index (χ4n) is 3.83. The van der Waals surface area contributed by atoms with Crippen molar-refractivity contribution >= 4 is 61.6 Å². The number of aliphatic hydroxyl groups is 1. The van der Waals surface area contributed by atoms with Crippen LogP contribution in [0.1, 0.15) is 19.8 Å². The summed E-state index contributed by atoms with van der Waals surface area (Å²) in [6.45, 7) is 1.96. The van der Waals surface area contributed by atoms with Crippen LogP contribution in [0.4, 0.5) is 11.5 Å². The van der Waals surface area contributed by atoms with Crippen LogP contribution in [0, 0.1) is 0 Å². The highest BCUT2D eigenvalue weighted by molar-refractivity contribution is 7.92. The molecule has 0 aliphatic carbocycles. The highest BCUT2D eigenvalue weighted by Gasteiger charge is 2.29. The summed E-state index contributed by atoms with van der Waals surface area (Å²) in [5.74, 6) is 0.396. The summed E-state index contributed by atoms with van der Waals surface area (Å²) in [5, 5.41) is 21.2. The molecule has 39 heavy (non-hydrogen) atoms. The molecule has 0 saturated heterocycles. The number of aromatic nitrogens is 3. The number of fused-ring (bicyclic) bond motifs is 1. The average molecular weight is 593 g/mol. The van der Waals surface area contributed by atoms with Gasteiger partial charge in [0.2, 0.25) is 0 Å². The Morgan fingerprint density at radius 1 is 1.08 bits per heavy atom. The van der Waals surface area contributed by atoms with Gasteiger partial charge in [-0.05, 0) is 61.0 Å². The van der Waals surface area contributed by atoms with Gasteiger partial charge in [0.05, 0.1) is 29.3 Å². The molecule has 0 saturated carbocycles. The van der Waals surface area contributed by atoms with Crippen LogP contribution in [-0.2, 0) is 19.6 Å². The van der Waals surface area contributed by atoms with Gasteiger partial charge in [0, 0.05) is 28.2 Å². The van der Waals surface area contributed by atoms with E-state index in [4.69, 9.17) is 33.0 Å². The van der Waals surface area contributed by atoms with Crippen LogP contribution in [0.3, 0.4) is 0 Å². The maximum absolute atomic E-state index is 13.7. The first-order valence-electron chi connectivity index (χ1n) is 12.2. The van der Waals surface area contributed by atoms with Crippen molar-refractivity contribution in [1.82, 2.24) is 14.8 Å². The largest absolute Gasteiger partial charge is 0.464 e. The van der Waals surface area contributed by atoms with Crippen molar-refractivity contribution in [1.29, 1.82) is 0 Å². The van der Waals surface area contributed by atoms with Crippen LogP contribution in [0.15, 0.2) is 65.7 Å². The normalized spacial score (nSPS) is 11.5. The maximum atomic E-state index is 13.7. The van der Waals surface area contributed by atoms with E-state index in [1.54, 1.807) is 47.2 Å². The quantitative estimate of drug-likeness (QED) is 0.180. The Morgan fingerprint density at radius 2 is 1.85 bits per heavy atom. The molecule has 10 nitrogen and oxygen atoms in total. The van der Waals surface area contributed by atoms with Crippen LogP contribution in [-0.4, -0.2) is 60.6 Å². The van der Waals surface area contributed by atoms with Gasteiger partial charge in [-0.3, -0.25) is 13.7 Å². The number of ether oxygens (including phenoxy) is 1. The van der Waals surface area contributed by atoms with Gasteiger partial charge in [0.25, 0.3) is 10.0 Å². The number of sulfonamides is 1. The van der Waals surface area contributed by atoms with E-state index >= 15 is 0 Å². The zero-order valence-corrected chi connectivity index (χ0v) is 23.4. The molecule has 0 aliphatic heterocycles. The van der Waals surface area contributed by atoms with E-state index in [-0.39, 0.29) is 33.8 Å². The molecule has 2 heterocycles. The lowest BCUT2D eigenvalue weighted by Crippen LogP contribution is -2.36. The number of nitrogens with zero attached hydrogens (tertiary/aromatic N) is 4. The van der Waals surface area contributed by atoms with Crippen LogP contribution in [0.2, 0.25) is 10.0 Å². The number of halogens is 2. The summed E-state index contributed by atoms with van der Waals surface area (Å²) >= 11 is 12.2. The lowest BCUT2D eigenvalue weighted by molar-refractivity contribution is -0.141. The summed E-state index contributed by atoms with van der Waals surface area (Å²) in [6.07, 6.45) is 3.29. The number of carbonyl (C=O) groups excluding carboxylic acids is 1. The van der Waals surface area contributed by atoms with Crippen LogP contribution < -0.4 is 9.62 Å². The van der Waals surface area contributed by atoms with Crippen molar-refractivity contribution in [3.8, 4) is 5.82 Å². The van der Waals surface area contributed by atoms with Crippen molar-refractivity contribution in [2.24, 2.45) is 0 Å². The Morgan fingerprint density at radius 3 is 2.51 bits per heavy atom. The maximum Gasteiger partial charge on any atom is 0.326 e. The van der Waals surface area contributed by atoms with Gasteiger partial charge >= 0.3 is 5.97 Å². The summed E-state index contributed by atoms with van der Waals surface area (Å²) in [5.41, 5.74) is 1.01. The van der Waals surface area contributed by atoms with E-state index in [0.29, 0.717) is 30.0 Å². The molecule has 0 unspecified atom stereocenters. The standard InChI is InChI=1S/C26H27Cl2N5O5S/c1-2-3-12-38-26(35)17-33(39(36,37)22-15-19(27)14-20(28)16-22)21-4-5-23-18(13-21)8-10-32(23)25-7-6-24(30-31-25)29-9-11-34/h4-8,10,13-16,34H,2-3,9,11-12,17H2,1H3,(H,29,30). The van der Waals surface area contributed by atoms with E-state index in [1.807, 2.05) is 6.92 Å². The van der Waals surface area contributed by atoms with Crippen molar-refractivity contribution in [2.45, 2.75) is 24.7 Å². The minimum atomic E-state index is -4.24. The first-order valence-corrected chi connectivity index (χ1v) is 14.4. The monoisotopic (exact) mass is 591 g/mol. The predicted octanol–water partition coefficient (Wildman–Crippen LogP) is 4.67. The zero-order valence-electron chi connectivity index (χ0n) is 21.0. The number of aliphatic hydroxyl groups excluding tert-OH is 1. The van der Waals surface area contributed by atoms with Gasteiger partial charge in [-0.15, -0.1) is 10.2 Å². The number of rotatable bonds is 12. The minimum absolute atomic E-state index is 0.0262. The SMILES string of the molecule is CCCCOC(=O)CN(c1ccc2c(ccn2-c2ccc(NCCO)nn2)c1)S(=O)(=O)c1cc(Cl)cc(Cl)c1. The Kier molecular flexibility index (Phi) is 9.28. The minimum Gasteiger partial charge on any atom is -0.464 e. The van der Waals surface area contributed by atoms with Crippen LogP contribution >= 0.6 is 23.2 Å². The first kappa shape index (κ1) is 28.6. The molecule has 0 spiro atoms. The molecule has 4 rings (SSSR count). The molecule has 2 aromatic carbocycles. The second-order valence-corrected chi connectivity index (χ2v) is 11.3. The van der Waals surface area contributed by atoms with E-state index in [1.165, 1.54) is 18.2 Å². The van der Waals surface area contributed by atoms with Crippen molar-refractivity contribution < 1.29 is 23.1 Å². The van der Waals surface area contributed by atoms with Crippen LogP contribution in [0.25, 0.3) is 16.7 Å². The molecule has 2 N–H and O–H groups in total. The van der Waals surface area contributed by atoms with Gasteiger partial charge < -0.3 is 15.2 Å². The van der Waals surface area contributed by atoms with Crippen molar-refractivity contribution in [3.05, 3.63) is 70.8 Å². The topological polar surface area (TPSA) is 127 Å². The Balaban J connectivity index is 1.70. The van der Waals surface area contributed by atoms with E-state index in [9.17, 15) is 13.2 Å². The van der Waals surface area contributed by atoms with Gasteiger partial charge in [-0.25, -0.2) is 8.42 Å². The smallest absolute Gasteiger partial charge is 0.326 e. The van der Waals surface area contributed by atoms with Gasteiger partial charge in [0.1, 0.15) is 12.4 Å². The molecule has 0 amide bonds. The fraction of sp³-hybridized carbons (Fsp3) is 0.269. The van der Waals surface area contributed by atoms with Gasteiger partial charge in [0.15, 0.2) is 5.82 Å². The number of hydrogen-bond donors (Lipinski definition) is 2. The molecule has 0 aliphatic rings. The highest BCUT2D eigenvalue weighted by Crippen LogP contribution is 2.31. The van der Waals surface area contributed by atoms with E-state index < -0.39 is 22.5 Å². The highest BCUT2D eigenvalue weighted by atomic mass is 35.5. The molecular weight excluding hydrogens is 565 g/mol. The molecule has 0 radical (unpaired) electrons. The number of esters is 1. The van der Waals surface area contributed by atoms with Gasteiger partial charge in [-0.2, -0.15) is 0 Å². The zero-order chi connectivity index (χ0) is 28.0. The third kappa shape index (κ3) is 6.80. The third-order valence-electron chi connectivity index (χ3n) is 5.73. The summed E-state index contributed by atoms with van der Waals surface area (Å²) in [7, 11) is -4.24. The second-order valence-electron chi connectivity index (χ2n) is 8.55. The number of anilines is 2. The van der Waals surface area contributed by atoms with Gasteiger partial charge in [-0.1, -0.05) is 36.5 Å². The molecule has 4 aromatic rings. The fourth-order valence-corrected chi connectivity index (χ4v) is 5.96. The molecule has 2 aromatic heterocycles. The van der Waals surface area contributed by atoms with Crippen LogP contribution in [0.5, 0.6) is 0 Å². The number of carbonyl (C=O) groups is 1. The average Bonchev–Trinajstić information content (AvgIpc) is 3.33. The summed E-state index contributed by atoms with van der Waals surface area (Å²) in [6, 6.07) is 14.3. The van der Waals surface area contributed by atoms with E-state index in [2.05, 4.69) is 15.5 Å². The summed E-state index contributed by atoms with van der Waals surface area (Å²) in [4.78, 5) is 12.5. The molecular formula is C26H27Cl2N5O5S. The molecule has 13 heteroatoms. The number of hydrogen-bond acceptors (Lipinski definition) is 8. The Bertz CT molecular complexity index is 1540. The van der Waals surface area contributed by atoms with Crippen molar-refractivity contribution in [3.63, 3.8) is 0 Å². The molecule has 0 fully saturated rings. The van der Waals surface area contributed by atoms with E-state index in [0.717, 1.165) is 16.2 Å². The number of benzene rings is 2. The lowest BCUT2D eigenvalue weighted by Gasteiger charge is -2.24. The third-order valence-corrected chi connectivity index (χ3v) is 7.92. The Labute approximate surface area is 236 Å². The second kappa shape index (κ2) is 12.6. The van der Waals surface area contributed by atoms with Crippen molar-refractivity contribution in [2.75, 3.05) is 35.9 Å². The molecule has 0 atom stereocenters. The Hall–Kier alpha value is -3.38. The molecule has 0 bridgehead atoms. The number of unbranched alkanes of at least 4 members (excludes halogenated alkanes) is 1. The molecule has 206 valence electrons. The number of nitrogens with one attached hydrogen (secondary N) is 1. The lowest BCUT2D eigenvalue weighted by atomic mass is 10.2.